The molecule has 1 aromatic heterocycles. The van der Waals surface area contributed by atoms with Crippen molar-refractivity contribution in [2.75, 3.05) is 0 Å². The maximum absolute atomic E-state index is 12.0. The maximum Gasteiger partial charge on any atom is 1.00 e. The van der Waals surface area contributed by atoms with Crippen LogP contribution in [0.2, 0.25) is 5.15 Å². The fraction of sp³-hybridized carbons (Fsp3) is 0.200. The molecule has 0 saturated carbocycles. The van der Waals surface area contributed by atoms with E-state index in [4.69, 9.17) is 11.6 Å². The van der Waals surface area contributed by atoms with Gasteiger partial charge in [0.1, 0.15) is 5.15 Å². The molecule has 1 rings (SSSR count). The summed E-state index contributed by atoms with van der Waals surface area (Å²) in [5.41, 5.74) is -0.717. The molecule has 2 nitrogen and oxygen atoms in total. The second-order valence-corrected chi connectivity index (χ2v) is 2.63. The molecule has 0 unspecified atom stereocenters. The Morgan fingerprint density at radius 3 is 2.31 bits per heavy atom. The Hall–Kier alpha value is 0.861. The Kier molecular flexibility index (Phi) is 5.42. The van der Waals surface area contributed by atoms with Gasteiger partial charge in [-0.1, -0.05) is 11.6 Å². The Labute approximate surface area is 121 Å². The van der Waals surface area contributed by atoms with Gasteiger partial charge in [-0.3, -0.25) is 9.97 Å². The second kappa shape index (κ2) is 5.09. The first-order chi connectivity index (χ1) is 5.41. The number of rotatable bonds is 1. The Bertz CT molecular complexity index is 306. The minimum absolute atomic E-state index is 0. The Morgan fingerprint density at radius 2 is 1.92 bits per heavy atom. The fourth-order valence-electron chi connectivity index (χ4n) is 0.592. The molecule has 0 aliphatic heterocycles. The van der Waals surface area contributed by atoms with E-state index >= 15 is 0 Å². The van der Waals surface area contributed by atoms with Gasteiger partial charge in [0.05, 0.1) is 5.72 Å². The van der Waals surface area contributed by atoms with Crippen LogP contribution in [0.4, 0.5) is 12.9 Å². The summed E-state index contributed by atoms with van der Waals surface area (Å²) >= 11 is 5.38. The van der Waals surface area contributed by atoms with Crippen molar-refractivity contribution in [3.8, 4) is 0 Å². The zero-order chi connectivity index (χ0) is 9.35. The first-order valence-electron chi connectivity index (χ1n) is 3.10. The van der Waals surface area contributed by atoms with Crippen LogP contribution in [-0.2, 0) is 0 Å². The SMILES string of the molecule is Cc1cnc([B-](F)(F)F)nc1Cl.[K+]. The van der Waals surface area contributed by atoms with Crippen LogP contribution >= 0.6 is 11.6 Å². The number of aromatic nitrogens is 2. The molecule has 1 heterocycles. The fourth-order valence-corrected chi connectivity index (χ4v) is 0.727. The normalized spacial score (nSPS) is 10.8. The van der Waals surface area contributed by atoms with Gasteiger partial charge < -0.3 is 12.9 Å². The molecular formula is C5H4BClF3KN2. The summed E-state index contributed by atoms with van der Waals surface area (Å²) < 4.78 is 35.9. The molecular weight excluding hydrogens is 230 g/mol. The predicted molar refractivity (Wildman–Crippen MR) is 40.5 cm³/mol. The van der Waals surface area contributed by atoms with E-state index in [1.54, 1.807) is 0 Å². The maximum atomic E-state index is 12.0. The van der Waals surface area contributed by atoms with E-state index < -0.39 is 12.7 Å². The van der Waals surface area contributed by atoms with E-state index in [9.17, 15) is 12.9 Å². The molecule has 0 atom stereocenters. The topological polar surface area (TPSA) is 25.8 Å². The van der Waals surface area contributed by atoms with Gasteiger partial charge in [0, 0.05) is 11.8 Å². The number of aryl methyl sites for hydroxylation is 1. The van der Waals surface area contributed by atoms with Gasteiger partial charge in [0.2, 0.25) is 0 Å². The van der Waals surface area contributed by atoms with Crippen LogP contribution in [-0.4, -0.2) is 16.9 Å². The van der Waals surface area contributed by atoms with Crippen molar-refractivity contribution >= 4 is 24.3 Å². The van der Waals surface area contributed by atoms with Gasteiger partial charge in [-0.25, -0.2) is 0 Å². The first-order valence-corrected chi connectivity index (χ1v) is 3.48. The van der Waals surface area contributed by atoms with E-state index in [0.717, 1.165) is 6.20 Å². The van der Waals surface area contributed by atoms with Gasteiger partial charge in [0.25, 0.3) is 0 Å². The van der Waals surface area contributed by atoms with Gasteiger partial charge >= 0.3 is 58.4 Å². The third kappa shape index (κ3) is 3.85. The van der Waals surface area contributed by atoms with Crippen molar-refractivity contribution in [3.63, 3.8) is 0 Å². The third-order valence-electron chi connectivity index (χ3n) is 1.22. The van der Waals surface area contributed by atoms with Crippen molar-refractivity contribution in [3.05, 3.63) is 16.9 Å². The Morgan fingerprint density at radius 1 is 1.38 bits per heavy atom. The number of hydrogen-bond donors (Lipinski definition) is 0. The number of nitrogens with zero attached hydrogens (tertiary/aromatic N) is 2. The van der Waals surface area contributed by atoms with Gasteiger partial charge in [-0.05, 0) is 6.92 Å². The van der Waals surface area contributed by atoms with E-state index in [2.05, 4.69) is 9.97 Å². The standard InChI is InChI=1S/C5H4BClF3N2.K/c1-3-2-11-5(6(8,9)10)12-4(3)7;/h2H,1H3;/q-1;+1. The average molecular weight is 234 g/mol. The monoisotopic (exact) mass is 234 g/mol. The van der Waals surface area contributed by atoms with E-state index in [-0.39, 0.29) is 56.5 Å². The van der Waals surface area contributed by atoms with Gasteiger partial charge in [-0.15, -0.1) is 0 Å². The molecule has 0 fully saturated rings. The number of halogens is 4. The van der Waals surface area contributed by atoms with E-state index in [0.29, 0.717) is 5.56 Å². The van der Waals surface area contributed by atoms with Gasteiger partial charge in [0.15, 0.2) is 0 Å². The van der Waals surface area contributed by atoms with E-state index in [1.165, 1.54) is 6.92 Å². The summed E-state index contributed by atoms with van der Waals surface area (Å²) in [4.78, 5) is 6.22. The summed E-state index contributed by atoms with van der Waals surface area (Å²) in [5, 5.41) is -0.154. The largest absolute Gasteiger partial charge is 1.00 e. The smallest absolute Gasteiger partial charge is 0.443 e. The van der Waals surface area contributed by atoms with Crippen molar-refractivity contribution < 1.29 is 64.3 Å². The Balaban J connectivity index is 0.00000144. The second-order valence-electron chi connectivity index (χ2n) is 2.28. The molecule has 0 bridgehead atoms. The molecule has 0 amide bonds. The zero-order valence-corrected chi connectivity index (χ0v) is 10.9. The first kappa shape index (κ1) is 13.9. The molecule has 13 heavy (non-hydrogen) atoms. The summed E-state index contributed by atoms with van der Waals surface area (Å²) in [6.07, 6.45) is 1.06. The molecule has 0 spiro atoms. The van der Waals surface area contributed by atoms with Crippen LogP contribution in [0, 0.1) is 6.92 Å². The van der Waals surface area contributed by atoms with Gasteiger partial charge in [-0.2, -0.15) is 0 Å². The quantitative estimate of drug-likeness (QED) is 0.436. The van der Waals surface area contributed by atoms with Crippen molar-refractivity contribution in [1.29, 1.82) is 0 Å². The molecule has 0 saturated heterocycles. The minimum atomic E-state index is -5.14. The van der Waals surface area contributed by atoms with Crippen molar-refractivity contribution in [2.24, 2.45) is 0 Å². The van der Waals surface area contributed by atoms with Crippen molar-refractivity contribution in [1.82, 2.24) is 9.97 Å². The minimum Gasteiger partial charge on any atom is -0.443 e. The molecule has 8 heteroatoms. The van der Waals surface area contributed by atoms with Crippen LogP contribution in [0.15, 0.2) is 6.20 Å². The summed E-state index contributed by atoms with van der Waals surface area (Å²) in [7, 11) is 0. The van der Waals surface area contributed by atoms with E-state index in [1.807, 2.05) is 0 Å². The van der Waals surface area contributed by atoms with Crippen molar-refractivity contribution in [2.45, 2.75) is 6.92 Å². The zero-order valence-electron chi connectivity index (χ0n) is 7.06. The van der Waals surface area contributed by atoms with Crippen LogP contribution in [0.3, 0.4) is 0 Å². The average Bonchev–Trinajstić information content (AvgIpc) is 1.92. The van der Waals surface area contributed by atoms with Crippen LogP contribution in [0.25, 0.3) is 0 Å². The molecule has 0 aromatic carbocycles. The summed E-state index contributed by atoms with van der Waals surface area (Å²) in [6, 6.07) is 0. The summed E-state index contributed by atoms with van der Waals surface area (Å²) in [5.74, 6) is 0. The van der Waals surface area contributed by atoms with Crippen LogP contribution in [0.1, 0.15) is 5.56 Å². The molecule has 0 aliphatic rings. The molecule has 1 aromatic rings. The van der Waals surface area contributed by atoms with Crippen LogP contribution in [0.5, 0.6) is 0 Å². The third-order valence-corrected chi connectivity index (χ3v) is 1.60. The molecule has 0 radical (unpaired) electrons. The molecule has 0 aliphatic carbocycles. The predicted octanol–water partition coefficient (Wildman–Crippen LogP) is -1.50. The molecule has 66 valence electrons. The molecule has 0 N–H and O–H groups in total. The number of hydrogen-bond acceptors (Lipinski definition) is 2. The summed E-state index contributed by atoms with van der Waals surface area (Å²) in [6.45, 7) is -3.61. The van der Waals surface area contributed by atoms with Crippen LogP contribution < -0.4 is 57.1 Å².